The van der Waals surface area contributed by atoms with E-state index < -0.39 is 30.5 Å². The molecule has 0 amide bonds. The largest absolute Gasteiger partial charge is 0.458 e. The van der Waals surface area contributed by atoms with Gasteiger partial charge in [0, 0.05) is 5.56 Å². The van der Waals surface area contributed by atoms with Gasteiger partial charge in [0.1, 0.15) is 35.8 Å². The predicted molar refractivity (Wildman–Crippen MR) is 67.5 cm³/mol. The minimum Gasteiger partial charge on any atom is -0.458 e. The quantitative estimate of drug-likeness (QED) is 0.570. The van der Waals surface area contributed by atoms with Crippen molar-refractivity contribution in [1.29, 1.82) is 0 Å². The van der Waals surface area contributed by atoms with Crippen molar-refractivity contribution in [3.05, 3.63) is 18.2 Å². The fraction of sp³-hybridized carbons (Fsp3) is 0.500. The Morgan fingerprint density at radius 3 is 2.85 bits per heavy atom. The van der Waals surface area contributed by atoms with Crippen LogP contribution >= 0.6 is 0 Å². The molecule has 4 atom stereocenters. The third-order valence-corrected chi connectivity index (χ3v) is 3.66. The lowest BCUT2D eigenvalue weighted by atomic mass is 9.89. The number of hydrogen-bond donors (Lipinski definition) is 4. The summed E-state index contributed by atoms with van der Waals surface area (Å²) in [4.78, 5) is 7.88. The van der Waals surface area contributed by atoms with Crippen molar-refractivity contribution in [1.82, 2.24) is 9.97 Å². The van der Waals surface area contributed by atoms with Crippen LogP contribution in [0.3, 0.4) is 0 Å². The number of furan rings is 1. The highest BCUT2D eigenvalue weighted by Crippen LogP contribution is 2.44. The lowest BCUT2D eigenvalue weighted by Gasteiger charge is -2.25. The molecule has 0 radical (unpaired) electrons. The fourth-order valence-electron chi connectivity index (χ4n) is 2.52. The number of rotatable bonds is 2. The van der Waals surface area contributed by atoms with Crippen molar-refractivity contribution < 1.29 is 24.5 Å². The van der Waals surface area contributed by atoms with Gasteiger partial charge in [0.2, 0.25) is 0 Å². The summed E-state index contributed by atoms with van der Waals surface area (Å²) < 4.78 is 10.8. The van der Waals surface area contributed by atoms with Gasteiger partial charge in [0.15, 0.2) is 11.4 Å². The maximum absolute atomic E-state index is 10.4. The fourth-order valence-corrected chi connectivity index (χ4v) is 2.52. The first-order valence-corrected chi connectivity index (χ1v) is 6.11. The normalized spacial score (nSPS) is 33.9. The summed E-state index contributed by atoms with van der Waals surface area (Å²) in [5.41, 5.74) is 5.26. The molecule has 2 aromatic rings. The number of fused-ring (bicyclic) bond motifs is 1. The number of nitrogen functional groups attached to an aromatic ring is 1. The molecule has 1 aliphatic heterocycles. The van der Waals surface area contributed by atoms with E-state index in [0.717, 1.165) is 0 Å². The molecule has 0 aromatic carbocycles. The molecule has 0 spiro atoms. The van der Waals surface area contributed by atoms with E-state index in [1.54, 1.807) is 0 Å². The second-order valence-corrected chi connectivity index (χ2v) is 5.04. The molecule has 1 saturated heterocycles. The smallest absolute Gasteiger partial charge is 0.194 e. The van der Waals surface area contributed by atoms with Crippen LogP contribution in [-0.4, -0.2) is 49.7 Å². The maximum Gasteiger partial charge on any atom is 0.194 e. The van der Waals surface area contributed by atoms with Gasteiger partial charge in [0.05, 0.1) is 12.9 Å². The van der Waals surface area contributed by atoms with Crippen molar-refractivity contribution in [2.45, 2.75) is 30.8 Å². The average Bonchev–Trinajstić information content (AvgIpc) is 2.92. The molecule has 8 heteroatoms. The number of anilines is 1. The Morgan fingerprint density at radius 2 is 2.20 bits per heavy atom. The molecule has 1 aliphatic rings. The van der Waals surface area contributed by atoms with Crippen LogP contribution in [0.5, 0.6) is 0 Å². The Hall–Kier alpha value is -1.74. The Kier molecular flexibility index (Phi) is 2.91. The first-order valence-electron chi connectivity index (χ1n) is 6.11. The van der Waals surface area contributed by atoms with E-state index in [1.807, 2.05) is 0 Å². The zero-order chi connectivity index (χ0) is 14.5. The van der Waals surface area contributed by atoms with Gasteiger partial charge in [-0.1, -0.05) is 0 Å². The molecule has 108 valence electrons. The minimum atomic E-state index is -1.58. The van der Waals surface area contributed by atoms with Crippen LogP contribution < -0.4 is 5.73 Å². The monoisotopic (exact) mass is 281 g/mol. The molecule has 0 aliphatic carbocycles. The van der Waals surface area contributed by atoms with Crippen LogP contribution in [0.15, 0.2) is 17.0 Å². The van der Waals surface area contributed by atoms with Gasteiger partial charge >= 0.3 is 0 Å². The van der Waals surface area contributed by atoms with Gasteiger partial charge < -0.3 is 30.2 Å². The van der Waals surface area contributed by atoms with Crippen molar-refractivity contribution >= 4 is 16.9 Å². The number of aromatic nitrogens is 2. The second-order valence-electron chi connectivity index (χ2n) is 5.04. The summed E-state index contributed by atoms with van der Waals surface area (Å²) in [5.74, 6) is 0.179. The SMILES string of the molecule is C[C@@]1(O)[C@H](O)[C@@H](CO)O[C@H]1c1coc2c(N)ncnc12. The Morgan fingerprint density at radius 1 is 1.45 bits per heavy atom. The van der Waals surface area contributed by atoms with Gasteiger partial charge in [0.25, 0.3) is 0 Å². The zero-order valence-corrected chi connectivity index (χ0v) is 10.7. The molecule has 5 N–H and O–H groups in total. The molecule has 20 heavy (non-hydrogen) atoms. The number of hydrogen-bond acceptors (Lipinski definition) is 8. The first kappa shape index (κ1) is 13.3. The number of nitrogens with two attached hydrogens (primary N) is 1. The van der Waals surface area contributed by atoms with Gasteiger partial charge in [-0.2, -0.15) is 0 Å². The first-order chi connectivity index (χ1) is 9.46. The van der Waals surface area contributed by atoms with E-state index in [-0.39, 0.29) is 5.82 Å². The molecule has 0 unspecified atom stereocenters. The molecule has 3 rings (SSSR count). The van der Waals surface area contributed by atoms with Gasteiger partial charge in [-0.3, -0.25) is 0 Å². The summed E-state index contributed by atoms with van der Waals surface area (Å²) in [7, 11) is 0. The number of aliphatic hydroxyl groups excluding tert-OH is 2. The van der Waals surface area contributed by atoms with E-state index in [9.17, 15) is 15.3 Å². The van der Waals surface area contributed by atoms with Crippen LogP contribution in [0.1, 0.15) is 18.6 Å². The Labute approximate surface area is 113 Å². The highest BCUT2D eigenvalue weighted by Gasteiger charge is 2.53. The average molecular weight is 281 g/mol. The standard InChI is InChI=1S/C12H15N3O5/c1-12(18)9(17)6(2-16)20-10(12)5-3-19-8-7(5)14-4-15-11(8)13/h3-4,6,9-10,16-18H,2H2,1H3,(H2,13,14,15)/t6-,9-,10+,12-/m1/s1. The van der Waals surface area contributed by atoms with Gasteiger partial charge in [-0.05, 0) is 6.92 Å². The van der Waals surface area contributed by atoms with Crippen LogP contribution in [0.2, 0.25) is 0 Å². The molecular formula is C12H15N3O5. The molecule has 3 heterocycles. The number of nitrogens with zero attached hydrogens (tertiary/aromatic N) is 2. The van der Waals surface area contributed by atoms with Crippen LogP contribution in [0.4, 0.5) is 5.82 Å². The molecule has 8 nitrogen and oxygen atoms in total. The summed E-state index contributed by atoms with van der Waals surface area (Å²) in [6.07, 6.45) is -0.340. The predicted octanol–water partition coefficient (Wildman–Crippen LogP) is -0.651. The van der Waals surface area contributed by atoms with E-state index in [2.05, 4.69) is 9.97 Å². The topological polar surface area (TPSA) is 135 Å². The van der Waals surface area contributed by atoms with Crippen molar-refractivity contribution in [2.24, 2.45) is 0 Å². The third kappa shape index (κ3) is 1.70. The lowest BCUT2D eigenvalue weighted by molar-refractivity contribution is -0.0643. The molecule has 0 bridgehead atoms. The highest BCUT2D eigenvalue weighted by atomic mass is 16.6. The molecule has 1 fully saturated rings. The highest BCUT2D eigenvalue weighted by molar-refractivity contribution is 5.85. The van der Waals surface area contributed by atoms with Crippen LogP contribution in [0.25, 0.3) is 11.1 Å². The van der Waals surface area contributed by atoms with Crippen molar-refractivity contribution in [2.75, 3.05) is 12.3 Å². The van der Waals surface area contributed by atoms with Gasteiger partial charge in [-0.15, -0.1) is 0 Å². The van der Waals surface area contributed by atoms with Crippen LogP contribution in [-0.2, 0) is 4.74 Å². The zero-order valence-electron chi connectivity index (χ0n) is 10.7. The number of ether oxygens (including phenoxy) is 1. The third-order valence-electron chi connectivity index (χ3n) is 3.66. The summed E-state index contributed by atoms with van der Waals surface area (Å²) in [5, 5.41) is 29.6. The Balaban J connectivity index is 2.10. The van der Waals surface area contributed by atoms with E-state index in [4.69, 9.17) is 14.9 Å². The van der Waals surface area contributed by atoms with E-state index in [0.29, 0.717) is 16.7 Å². The van der Waals surface area contributed by atoms with E-state index >= 15 is 0 Å². The number of aliphatic hydroxyl groups is 3. The van der Waals surface area contributed by atoms with Gasteiger partial charge in [-0.25, -0.2) is 9.97 Å². The van der Waals surface area contributed by atoms with E-state index in [1.165, 1.54) is 19.5 Å². The van der Waals surface area contributed by atoms with Crippen LogP contribution in [0, 0.1) is 0 Å². The Bertz CT molecular complexity index is 641. The summed E-state index contributed by atoms with van der Waals surface area (Å²) in [6.45, 7) is 1.03. The lowest BCUT2D eigenvalue weighted by Crippen LogP contribution is -2.42. The summed E-state index contributed by atoms with van der Waals surface area (Å²) >= 11 is 0. The molecule has 0 saturated carbocycles. The maximum atomic E-state index is 10.4. The molecule has 2 aromatic heterocycles. The summed E-state index contributed by atoms with van der Waals surface area (Å²) in [6, 6.07) is 0. The second kappa shape index (κ2) is 4.38. The molecular weight excluding hydrogens is 266 g/mol. The van der Waals surface area contributed by atoms with Crippen molar-refractivity contribution in [3.8, 4) is 0 Å². The minimum absolute atomic E-state index is 0.179. The van der Waals surface area contributed by atoms with Crippen molar-refractivity contribution in [3.63, 3.8) is 0 Å².